The van der Waals surface area contributed by atoms with Gasteiger partial charge in [-0.25, -0.2) is 0 Å². The second kappa shape index (κ2) is 6.38. The van der Waals surface area contributed by atoms with Gasteiger partial charge in [-0.15, -0.1) is 0 Å². The number of aryl methyl sites for hydroxylation is 1. The Kier molecular flexibility index (Phi) is 5.58. The number of hydrogen-bond acceptors (Lipinski definition) is 3. The summed E-state index contributed by atoms with van der Waals surface area (Å²) in [4.78, 5) is 0.139. The minimum atomic E-state index is -3.88. The molecule has 3 nitrogen and oxygen atoms in total. The molecule has 0 heterocycles. The van der Waals surface area contributed by atoms with Gasteiger partial charge in [0.15, 0.2) is 0 Å². The summed E-state index contributed by atoms with van der Waals surface area (Å²) in [5.41, 5.74) is 0.500. The normalized spacial score (nSPS) is 14.5. The van der Waals surface area contributed by atoms with Gasteiger partial charge in [0, 0.05) is 10.1 Å². The predicted octanol–water partition coefficient (Wildman–Crippen LogP) is 5.07. The van der Waals surface area contributed by atoms with Crippen molar-refractivity contribution in [3.8, 4) is 0 Å². The molecule has 0 fully saturated rings. The predicted molar refractivity (Wildman–Crippen MR) is 95.1 cm³/mol. The third-order valence-corrected chi connectivity index (χ3v) is 7.69. The average Bonchev–Trinajstić information content (AvgIpc) is 2.33. The lowest BCUT2D eigenvalue weighted by molar-refractivity contribution is 0.295. The minimum absolute atomic E-state index is 0.139. The van der Waals surface area contributed by atoms with Crippen LogP contribution in [0.5, 0.6) is 0 Å². The third kappa shape index (κ3) is 4.86. The zero-order chi connectivity index (χ0) is 17.3. The molecule has 0 atom stereocenters. The van der Waals surface area contributed by atoms with Gasteiger partial charge in [0.05, 0.1) is 8.07 Å². The fraction of sp³-hybridized carbons (Fsp3) is 0.500. The second-order valence-corrected chi connectivity index (χ2v) is 14.7. The van der Waals surface area contributed by atoms with Crippen LogP contribution < -0.4 is 0 Å². The van der Waals surface area contributed by atoms with Crippen LogP contribution in [-0.4, -0.2) is 16.5 Å². The first-order chi connectivity index (χ1) is 9.75. The van der Waals surface area contributed by atoms with E-state index in [4.69, 9.17) is 15.8 Å². The summed E-state index contributed by atoms with van der Waals surface area (Å²) in [6.07, 6.45) is 0. The zero-order valence-corrected chi connectivity index (χ0v) is 16.9. The molecule has 1 aromatic rings. The van der Waals surface area contributed by atoms with E-state index in [2.05, 4.69) is 19.6 Å². The maximum absolute atomic E-state index is 12.5. The van der Waals surface area contributed by atoms with Crippen LogP contribution in [0.25, 0.3) is 0 Å². The minimum Gasteiger partial charge on any atom is -0.382 e. The molecule has 0 N–H and O–H groups in total. The first-order valence-corrected chi connectivity index (χ1v) is 12.5. The van der Waals surface area contributed by atoms with Crippen molar-refractivity contribution in [1.29, 1.82) is 0 Å². The summed E-state index contributed by atoms with van der Waals surface area (Å²) in [6.45, 7) is 13.8. The van der Waals surface area contributed by atoms with Crippen molar-refractivity contribution < 1.29 is 12.6 Å². The average molecular weight is 361 g/mol. The van der Waals surface area contributed by atoms with E-state index in [1.807, 2.05) is 27.7 Å². The summed E-state index contributed by atoms with van der Waals surface area (Å²) in [7, 11) is -5.77. The Balaban J connectivity index is 3.35. The summed E-state index contributed by atoms with van der Waals surface area (Å²) >= 11 is 6.48. The molecule has 0 aliphatic heterocycles. The van der Waals surface area contributed by atoms with Crippen LogP contribution in [0, 0.1) is 12.3 Å². The van der Waals surface area contributed by atoms with Gasteiger partial charge in [-0.1, -0.05) is 69.7 Å². The first-order valence-electron chi connectivity index (χ1n) is 7.17. The molecule has 1 aromatic carbocycles. The van der Waals surface area contributed by atoms with Crippen molar-refractivity contribution in [3.63, 3.8) is 0 Å². The van der Waals surface area contributed by atoms with Crippen molar-refractivity contribution in [3.05, 3.63) is 40.2 Å². The van der Waals surface area contributed by atoms with E-state index in [0.717, 1.165) is 5.56 Å². The molecule has 0 saturated heterocycles. The van der Waals surface area contributed by atoms with Gasteiger partial charge >= 0.3 is 10.1 Å². The molecule has 0 aromatic heterocycles. The van der Waals surface area contributed by atoms with Crippen LogP contribution in [0.4, 0.5) is 0 Å². The molecule has 1 rings (SSSR count). The molecule has 0 spiro atoms. The number of hydrogen-bond donors (Lipinski definition) is 0. The van der Waals surface area contributed by atoms with Gasteiger partial charge < -0.3 is 4.18 Å². The Bertz CT molecular complexity index is 663. The molecule has 22 heavy (non-hydrogen) atoms. The van der Waals surface area contributed by atoms with Crippen LogP contribution in [0.3, 0.4) is 0 Å². The summed E-state index contributed by atoms with van der Waals surface area (Å²) in [5, 5.41) is 0. The van der Waals surface area contributed by atoms with E-state index in [1.54, 1.807) is 24.3 Å². The number of halogens is 1. The zero-order valence-electron chi connectivity index (χ0n) is 14.3. The molecule has 0 saturated carbocycles. The summed E-state index contributed by atoms with van der Waals surface area (Å²) in [6, 6.07) is 6.59. The molecular formula is C16H25ClO3SSi. The molecule has 124 valence electrons. The lowest BCUT2D eigenvalue weighted by Crippen LogP contribution is -2.28. The van der Waals surface area contributed by atoms with Gasteiger partial charge in [0.1, 0.15) is 10.7 Å². The van der Waals surface area contributed by atoms with Gasteiger partial charge in [0.2, 0.25) is 0 Å². The van der Waals surface area contributed by atoms with Crippen molar-refractivity contribution in [2.24, 2.45) is 5.41 Å². The van der Waals surface area contributed by atoms with Crippen molar-refractivity contribution >= 4 is 29.8 Å². The molecule has 0 amide bonds. The highest BCUT2D eigenvalue weighted by Gasteiger charge is 2.33. The molecule has 6 heteroatoms. The molecule has 0 bridgehead atoms. The van der Waals surface area contributed by atoms with Crippen molar-refractivity contribution in [2.45, 2.75) is 52.2 Å². The highest BCUT2D eigenvalue weighted by Crippen LogP contribution is 2.37. The number of benzene rings is 1. The quantitative estimate of drug-likeness (QED) is 0.427. The largest absolute Gasteiger partial charge is 0.382 e. The highest BCUT2D eigenvalue weighted by molar-refractivity contribution is 7.86. The molecule has 0 radical (unpaired) electrons. The monoisotopic (exact) mass is 360 g/mol. The van der Waals surface area contributed by atoms with Crippen molar-refractivity contribution in [2.75, 3.05) is 0 Å². The molecular weight excluding hydrogens is 336 g/mol. The van der Waals surface area contributed by atoms with Gasteiger partial charge in [-0.3, -0.25) is 0 Å². The highest BCUT2D eigenvalue weighted by atomic mass is 35.5. The fourth-order valence-corrected chi connectivity index (χ4v) is 4.36. The van der Waals surface area contributed by atoms with Crippen LogP contribution >= 0.6 is 11.6 Å². The van der Waals surface area contributed by atoms with Gasteiger partial charge in [-0.05, 0) is 19.1 Å². The Morgan fingerprint density at radius 3 is 1.91 bits per heavy atom. The lowest BCUT2D eigenvalue weighted by Gasteiger charge is -2.28. The van der Waals surface area contributed by atoms with Crippen LogP contribution in [0.2, 0.25) is 19.6 Å². The van der Waals surface area contributed by atoms with E-state index in [0.29, 0.717) is 10.4 Å². The van der Waals surface area contributed by atoms with Crippen LogP contribution in [0.1, 0.15) is 26.3 Å². The van der Waals surface area contributed by atoms with Crippen molar-refractivity contribution in [1.82, 2.24) is 0 Å². The number of allylic oxidation sites excluding steroid dienone is 1. The van der Waals surface area contributed by atoms with Gasteiger partial charge in [-0.2, -0.15) is 8.42 Å². The topological polar surface area (TPSA) is 43.4 Å². The third-order valence-electron chi connectivity index (χ3n) is 3.04. The Labute approximate surface area is 140 Å². The molecule has 0 aliphatic rings. The summed E-state index contributed by atoms with van der Waals surface area (Å²) < 4.78 is 31.1. The molecule has 0 unspecified atom stereocenters. The Morgan fingerprint density at radius 1 is 1.09 bits per heavy atom. The summed E-state index contributed by atoms with van der Waals surface area (Å²) in [5.74, 6) is 0.342. The van der Waals surface area contributed by atoms with E-state index >= 15 is 0 Å². The van der Waals surface area contributed by atoms with E-state index < -0.39 is 23.6 Å². The van der Waals surface area contributed by atoms with Gasteiger partial charge in [0.25, 0.3) is 0 Å². The van der Waals surface area contributed by atoms with E-state index in [9.17, 15) is 8.42 Å². The Hall–Kier alpha value is -0.783. The van der Waals surface area contributed by atoms with Crippen LogP contribution in [0.15, 0.2) is 39.6 Å². The van der Waals surface area contributed by atoms with E-state index in [1.165, 1.54) is 0 Å². The number of rotatable bonds is 4. The lowest BCUT2D eigenvalue weighted by atomic mass is 9.95. The second-order valence-electron chi connectivity index (χ2n) is 7.49. The smallest absolute Gasteiger partial charge is 0.338 e. The standard InChI is InChI=1S/C16H25ClO3SSi/c1-12-8-10-13(11-9-12)21(18,19)20-14(16(2,3)4)15(17)22(5,6)7/h8-11H,1-7H3/b15-14-. The van der Waals surface area contributed by atoms with Crippen LogP contribution in [-0.2, 0) is 14.3 Å². The Morgan fingerprint density at radius 2 is 1.55 bits per heavy atom. The molecule has 0 aliphatic carbocycles. The maximum Gasteiger partial charge on any atom is 0.338 e. The fourth-order valence-electron chi connectivity index (χ4n) is 1.69. The first kappa shape index (κ1) is 19.3. The van der Waals surface area contributed by atoms with E-state index in [-0.39, 0.29) is 4.90 Å². The SMILES string of the molecule is Cc1ccc(S(=O)(=O)O/C(=C(/Cl)[Si](C)(C)C)C(C)(C)C)cc1. The maximum atomic E-state index is 12.5.